The highest BCUT2D eigenvalue weighted by Gasteiger charge is 2.60. The summed E-state index contributed by atoms with van der Waals surface area (Å²) in [4.78, 5) is 20.9. The van der Waals surface area contributed by atoms with E-state index in [1.165, 1.54) is 6.92 Å². The highest BCUT2D eigenvalue weighted by atomic mass is 16.6. The van der Waals surface area contributed by atoms with Crippen molar-refractivity contribution >= 4 is 12.3 Å². The standard InChI is InChI=1S/C8H12O3/c1-5(10)11-7-6(4-9)8(7,2)3/h4,6-7H,1-3H3. The number of ether oxygens (including phenoxy) is 1. The Balaban J connectivity index is 2.52. The van der Waals surface area contributed by atoms with E-state index in [1.807, 2.05) is 13.8 Å². The zero-order chi connectivity index (χ0) is 8.65. The van der Waals surface area contributed by atoms with E-state index in [4.69, 9.17) is 4.74 Å². The van der Waals surface area contributed by atoms with Crippen molar-refractivity contribution in [3.63, 3.8) is 0 Å². The van der Waals surface area contributed by atoms with Crippen molar-refractivity contribution < 1.29 is 14.3 Å². The maximum atomic E-state index is 10.5. The molecule has 0 saturated heterocycles. The van der Waals surface area contributed by atoms with E-state index in [1.54, 1.807) is 0 Å². The average molecular weight is 156 g/mol. The van der Waals surface area contributed by atoms with E-state index >= 15 is 0 Å². The van der Waals surface area contributed by atoms with Gasteiger partial charge in [0.15, 0.2) is 0 Å². The third kappa shape index (κ3) is 1.27. The zero-order valence-corrected chi connectivity index (χ0v) is 6.96. The van der Waals surface area contributed by atoms with Crippen LogP contribution in [0.2, 0.25) is 0 Å². The van der Waals surface area contributed by atoms with Crippen LogP contribution in [0.3, 0.4) is 0 Å². The topological polar surface area (TPSA) is 43.4 Å². The Hall–Kier alpha value is -0.860. The van der Waals surface area contributed by atoms with Crippen LogP contribution >= 0.6 is 0 Å². The highest BCUT2D eigenvalue weighted by Crippen LogP contribution is 2.52. The molecule has 3 nitrogen and oxygen atoms in total. The monoisotopic (exact) mass is 156 g/mol. The Labute approximate surface area is 65.7 Å². The van der Waals surface area contributed by atoms with Gasteiger partial charge in [0.2, 0.25) is 0 Å². The third-order valence-corrected chi connectivity index (χ3v) is 2.25. The second-order valence-electron chi connectivity index (χ2n) is 3.51. The predicted molar refractivity (Wildman–Crippen MR) is 38.9 cm³/mol. The Morgan fingerprint density at radius 3 is 2.36 bits per heavy atom. The minimum Gasteiger partial charge on any atom is -0.461 e. The Morgan fingerprint density at radius 2 is 2.09 bits per heavy atom. The summed E-state index contributed by atoms with van der Waals surface area (Å²) in [6.07, 6.45) is 0.658. The average Bonchev–Trinajstić information content (AvgIpc) is 2.33. The molecule has 0 aromatic heterocycles. The molecule has 1 aliphatic rings. The van der Waals surface area contributed by atoms with Gasteiger partial charge in [0.1, 0.15) is 12.4 Å². The molecule has 0 spiro atoms. The summed E-state index contributed by atoms with van der Waals surface area (Å²) in [7, 11) is 0. The summed E-state index contributed by atoms with van der Waals surface area (Å²) in [6.45, 7) is 5.19. The maximum Gasteiger partial charge on any atom is 0.302 e. The first-order valence-electron chi connectivity index (χ1n) is 3.62. The summed E-state index contributed by atoms with van der Waals surface area (Å²) in [5.41, 5.74) is -0.145. The van der Waals surface area contributed by atoms with Gasteiger partial charge in [0, 0.05) is 12.3 Å². The van der Waals surface area contributed by atoms with Gasteiger partial charge < -0.3 is 9.53 Å². The fourth-order valence-corrected chi connectivity index (χ4v) is 1.28. The Morgan fingerprint density at radius 1 is 1.55 bits per heavy atom. The number of rotatable bonds is 2. The van der Waals surface area contributed by atoms with Crippen molar-refractivity contribution in [1.82, 2.24) is 0 Å². The van der Waals surface area contributed by atoms with Gasteiger partial charge in [-0.3, -0.25) is 4.79 Å². The van der Waals surface area contributed by atoms with Crippen LogP contribution in [-0.4, -0.2) is 18.4 Å². The molecule has 0 aromatic carbocycles. The van der Waals surface area contributed by atoms with Crippen LogP contribution in [0.4, 0.5) is 0 Å². The van der Waals surface area contributed by atoms with Crippen molar-refractivity contribution in [1.29, 1.82) is 0 Å². The van der Waals surface area contributed by atoms with Gasteiger partial charge in [0.05, 0.1) is 5.92 Å². The number of aldehydes is 1. The lowest BCUT2D eigenvalue weighted by Crippen LogP contribution is -2.06. The number of hydrogen-bond donors (Lipinski definition) is 0. The van der Waals surface area contributed by atoms with Crippen LogP contribution in [0.25, 0.3) is 0 Å². The van der Waals surface area contributed by atoms with Crippen molar-refractivity contribution in [3.05, 3.63) is 0 Å². The first kappa shape index (κ1) is 8.24. The van der Waals surface area contributed by atoms with E-state index in [2.05, 4.69) is 0 Å². The summed E-state index contributed by atoms with van der Waals surface area (Å²) < 4.78 is 4.91. The molecule has 1 fully saturated rings. The molecular weight excluding hydrogens is 144 g/mol. The van der Waals surface area contributed by atoms with Gasteiger partial charge in [-0.25, -0.2) is 0 Å². The lowest BCUT2D eigenvalue weighted by atomic mass is 10.1. The first-order chi connectivity index (χ1) is 5.00. The molecule has 0 N–H and O–H groups in total. The molecule has 1 saturated carbocycles. The second kappa shape index (κ2) is 2.32. The minimum atomic E-state index is -0.313. The van der Waals surface area contributed by atoms with E-state index in [0.29, 0.717) is 0 Å². The normalized spacial score (nSPS) is 32.6. The van der Waals surface area contributed by atoms with Gasteiger partial charge in [-0.1, -0.05) is 13.8 Å². The highest BCUT2D eigenvalue weighted by molar-refractivity contribution is 5.69. The SMILES string of the molecule is CC(=O)OC1C(C=O)C1(C)C. The largest absolute Gasteiger partial charge is 0.461 e. The van der Waals surface area contributed by atoms with E-state index in [-0.39, 0.29) is 23.4 Å². The Kier molecular flexibility index (Phi) is 1.74. The molecule has 0 bridgehead atoms. The second-order valence-corrected chi connectivity index (χ2v) is 3.51. The van der Waals surface area contributed by atoms with Crippen molar-refractivity contribution in [2.75, 3.05) is 0 Å². The van der Waals surface area contributed by atoms with Crippen LogP contribution in [0.15, 0.2) is 0 Å². The minimum absolute atomic E-state index is 0.105. The van der Waals surface area contributed by atoms with Gasteiger partial charge in [-0.05, 0) is 0 Å². The lowest BCUT2D eigenvalue weighted by Gasteiger charge is -2.01. The smallest absolute Gasteiger partial charge is 0.302 e. The molecule has 0 aromatic rings. The molecule has 3 heteroatoms. The molecule has 2 unspecified atom stereocenters. The quantitative estimate of drug-likeness (QED) is 0.438. The summed E-state index contributed by atoms with van der Waals surface area (Å²) >= 11 is 0. The molecule has 0 heterocycles. The number of carbonyl (C=O) groups excluding carboxylic acids is 2. The van der Waals surface area contributed by atoms with Crippen molar-refractivity contribution in [2.24, 2.45) is 11.3 Å². The van der Waals surface area contributed by atoms with Gasteiger partial charge in [-0.15, -0.1) is 0 Å². The molecule has 0 radical (unpaired) electrons. The van der Waals surface area contributed by atoms with Crippen LogP contribution < -0.4 is 0 Å². The van der Waals surface area contributed by atoms with Gasteiger partial charge >= 0.3 is 5.97 Å². The van der Waals surface area contributed by atoms with E-state index in [0.717, 1.165) is 6.29 Å². The first-order valence-corrected chi connectivity index (χ1v) is 3.62. The van der Waals surface area contributed by atoms with E-state index in [9.17, 15) is 9.59 Å². The fraction of sp³-hybridized carbons (Fsp3) is 0.750. The summed E-state index contributed by atoms with van der Waals surface area (Å²) in [5, 5.41) is 0. The molecular formula is C8H12O3. The zero-order valence-electron chi connectivity index (χ0n) is 6.96. The lowest BCUT2D eigenvalue weighted by molar-refractivity contribution is -0.143. The number of carbonyl (C=O) groups is 2. The fourth-order valence-electron chi connectivity index (χ4n) is 1.28. The summed E-state index contributed by atoms with van der Waals surface area (Å²) in [5.74, 6) is -0.418. The molecule has 62 valence electrons. The molecule has 1 aliphatic carbocycles. The van der Waals surface area contributed by atoms with Crippen molar-refractivity contribution in [3.8, 4) is 0 Å². The Bertz CT molecular complexity index is 196. The maximum absolute atomic E-state index is 10.5. The number of hydrogen-bond acceptors (Lipinski definition) is 3. The molecule has 0 aliphatic heterocycles. The van der Waals surface area contributed by atoms with Gasteiger partial charge in [-0.2, -0.15) is 0 Å². The number of esters is 1. The predicted octanol–water partition coefficient (Wildman–Crippen LogP) is 0.773. The van der Waals surface area contributed by atoms with Crippen LogP contribution in [0.1, 0.15) is 20.8 Å². The molecule has 0 amide bonds. The van der Waals surface area contributed by atoms with Crippen LogP contribution in [-0.2, 0) is 14.3 Å². The molecule has 11 heavy (non-hydrogen) atoms. The van der Waals surface area contributed by atoms with E-state index < -0.39 is 0 Å². The van der Waals surface area contributed by atoms with Crippen molar-refractivity contribution in [2.45, 2.75) is 26.9 Å². The van der Waals surface area contributed by atoms with Gasteiger partial charge in [0.25, 0.3) is 0 Å². The summed E-state index contributed by atoms with van der Waals surface area (Å²) in [6, 6.07) is 0. The van der Waals surface area contributed by atoms with Crippen LogP contribution in [0.5, 0.6) is 0 Å². The third-order valence-electron chi connectivity index (χ3n) is 2.25. The molecule has 1 rings (SSSR count). The molecule has 2 atom stereocenters. The van der Waals surface area contributed by atoms with Crippen LogP contribution in [0, 0.1) is 11.3 Å².